The Labute approximate surface area is 180 Å². The van der Waals surface area contributed by atoms with E-state index in [-0.39, 0.29) is 17.4 Å². The molecule has 4 heterocycles. The summed E-state index contributed by atoms with van der Waals surface area (Å²) in [5.41, 5.74) is 3.54. The van der Waals surface area contributed by atoms with Crippen molar-refractivity contribution in [2.24, 2.45) is 0 Å². The van der Waals surface area contributed by atoms with Crippen LogP contribution in [0.2, 0.25) is 0 Å². The molecule has 0 radical (unpaired) electrons. The number of piperidine rings is 1. The van der Waals surface area contributed by atoms with E-state index < -0.39 is 0 Å². The number of carbonyl (C=O) groups excluding carboxylic acids is 1. The van der Waals surface area contributed by atoms with Crippen LogP contribution in [0.15, 0.2) is 10.9 Å². The second-order valence-corrected chi connectivity index (χ2v) is 8.81. The quantitative estimate of drug-likeness (QED) is 0.691. The average molecular weight is 424 g/mol. The number of hydrogen-bond donors (Lipinski definition) is 1. The highest BCUT2D eigenvalue weighted by Gasteiger charge is 2.27. The molecule has 9 heteroatoms. The van der Waals surface area contributed by atoms with Crippen LogP contribution in [0.3, 0.4) is 0 Å². The summed E-state index contributed by atoms with van der Waals surface area (Å²) in [6.07, 6.45) is 6.21. The third kappa shape index (κ3) is 3.77. The predicted octanol–water partition coefficient (Wildman–Crippen LogP) is 1.91. The van der Waals surface area contributed by atoms with E-state index >= 15 is 0 Å². The number of hydrogen-bond acceptors (Lipinski definition) is 5. The average Bonchev–Trinajstić information content (AvgIpc) is 3.35. The lowest BCUT2D eigenvalue weighted by Gasteiger charge is -2.32. The smallest absolute Gasteiger partial charge is 0.276 e. The van der Waals surface area contributed by atoms with Crippen LogP contribution in [-0.2, 0) is 24.2 Å². The number of fused-ring (bicyclic) bond motifs is 2. The number of nitrogens with one attached hydrogen (secondary N) is 1. The first kappa shape index (κ1) is 20.0. The Balaban J connectivity index is 1.31. The molecule has 9 nitrogen and oxygen atoms in total. The van der Waals surface area contributed by atoms with E-state index in [1.807, 2.05) is 24.8 Å². The minimum Gasteiger partial charge on any atom is -0.342 e. The summed E-state index contributed by atoms with van der Waals surface area (Å²) in [7, 11) is 0. The highest BCUT2D eigenvalue weighted by molar-refractivity contribution is 5.76. The Morgan fingerprint density at radius 3 is 2.84 bits per heavy atom. The number of aromatic amines is 1. The number of likely N-dealkylation sites (tertiary alicyclic amines) is 1. The van der Waals surface area contributed by atoms with Crippen molar-refractivity contribution < 1.29 is 4.79 Å². The number of amides is 1. The van der Waals surface area contributed by atoms with Gasteiger partial charge in [-0.25, -0.2) is 19.2 Å². The number of H-pyrrole nitrogens is 1. The van der Waals surface area contributed by atoms with Crippen LogP contribution in [0, 0.1) is 13.8 Å². The molecule has 1 aliphatic heterocycles. The van der Waals surface area contributed by atoms with Crippen molar-refractivity contribution in [2.45, 2.75) is 71.3 Å². The Hall–Kier alpha value is -2.97. The van der Waals surface area contributed by atoms with Crippen LogP contribution in [0.1, 0.15) is 66.6 Å². The molecule has 1 amide bonds. The lowest BCUT2D eigenvalue weighted by Crippen LogP contribution is -2.39. The summed E-state index contributed by atoms with van der Waals surface area (Å²) < 4.78 is 3.39. The van der Waals surface area contributed by atoms with Crippen molar-refractivity contribution >= 4 is 11.6 Å². The van der Waals surface area contributed by atoms with Gasteiger partial charge in [0.15, 0.2) is 5.65 Å². The second-order valence-electron chi connectivity index (χ2n) is 8.81. The second kappa shape index (κ2) is 7.94. The summed E-state index contributed by atoms with van der Waals surface area (Å²) in [6.45, 7) is 5.75. The van der Waals surface area contributed by atoms with Crippen molar-refractivity contribution in [1.82, 2.24) is 34.3 Å². The summed E-state index contributed by atoms with van der Waals surface area (Å²) in [5, 5.41) is 7.64. The summed E-state index contributed by atoms with van der Waals surface area (Å²) in [4.78, 5) is 36.8. The van der Waals surface area contributed by atoms with Gasteiger partial charge in [-0.2, -0.15) is 5.10 Å². The molecule has 1 atom stereocenters. The summed E-state index contributed by atoms with van der Waals surface area (Å²) in [5.74, 6) is 1.89. The van der Waals surface area contributed by atoms with E-state index in [1.54, 1.807) is 9.20 Å². The first-order valence-corrected chi connectivity index (χ1v) is 11.3. The maximum atomic E-state index is 12.9. The van der Waals surface area contributed by atoms with Crippen LogP contribution in [0.25, 0.3) is 5.65 Å². The first-order valence-electron chi connectivity index (χ1n) is 11.3. The molecule has 0 aromatic carbocycles. The fourth-order valence-corrected chi connectivity index (χ4v) is 4.98. The molecule has 3 aromatic rings. The predicted molar refractivity (Wildman–Crippen MR) is 115 cm³/mol. The molecule has 1 aliphatic carbocycles. The van der Waals surface area contributed by atoms with Gasteiger partial charge in [-0.15, -0.1) is 0 Å². The fourth-order valence-electron chi connectivity index (χ4n) is 4.98. The van der Waals surface area contributed by atoms with Gasteiger partial charge in [0.1, 0.15) is 11.6 Å². The van der Waals surface area contributed by atoms with Gasteiger partial charge in [-0.05, 0) is 52.4 Å². The van der Waals surface area contributed by atoms with Crippen molar-refractivity contribution in [1.29, 1.82) is 0 Å². The molecule has 1 unspecified atom stereocenters. The van der Waals surface area contributed by atoms with Crippen molar-refractivity contribution in [2.75, 3.05) is 13.1 Å². The van der Waals surface area contributed by atoms with Gasteiger partial charge in [0.25, 0.3) is 5.56 Å². The summed E-state index contributed by atoms with van der Waals surface area (Å²) >= 11 is 0. The zero-order valence-corrected chi connectivity index (χ0v) is 18.2. The van der Waals surface area contributed by atoms with Crippen LogP contribution in [0.5, 0.6) is 0 Å². The molecular formula is C22H29N7O2. The lowest BCUT2D eigenvalue weighted by molar-refractivity contribution is -0.132. The monoisotopic (exact) mass is 423 g/mol. The first-order chi connectivity index (χ1) is 15.0. The van der Waals surface area contributed by atoms with Crippen LogP contribution >= 0.6 is 0 Å². The number of nitrogens with zero attached hydrogens (tertiary/aromatic N) is 6. The number of aryl methyl sites for hydroxylation is 4. The zero-order valence-electron chi connectivity index (χ0n) is 18.2. The maximum Gasteiger partial charge on any atom is 0.276 e. The van der Waals surface area contributed by atoms with Crippen molar-refractivity contribution in [3.05, 3.63) is 45.0 Å². The zero-order chi connectivity index (χ0) is 21.5. The Morgan fingerprint density at radius 2 is 2.03 bits per heavy atom. The molecular weight excluding hydrogens is 394 g/mol. The highest BCUT2D eigenvalue weighted by Crippen LogP contribution is 2.27. The molecule has 0 saturated carbocycles. The molecule has 164 valence electrons. The van der Waals surface area contributed by atoms with Crippen molar-refractivity contribution in [3.8, 4) is 0 Å². The number of carbonyl (C=O) groups is 1. The van der Waals surface area contributed by atoms with E-state index in [9.17, 15) is 9.59 Å². The minimum absolute atomic E-state index is 0.0354. The Morgan fingerprint density at radius 1 is 1.19 bits per heavy atom. The number of aromatic nitrogens is 6. The molecule has 1 N–H and O–H groups in total. The van der Waals surface area contributed by atoms with Gasteiger partial charge < -0.3 is 4.90 Å². The Bertz CT molecular complexity index is 1190. The molecule has 2 aliphatic rings. The van der Waals surface area contributed by atoms with Gasteiger partial charge in [-0.3, -0.25) is 14.7 Å². The normalized spacial score (nSPS) is 19.0. The highest BCUT2D eigenvalue weighted by atomic mass is 16.2. The molecule has 0 bridgehead atoms. The molecule has 31 heavy (non-hydrogen) atoms. The van der Waals surface area contributed by atoms with Gasteiger partial charge in [-0.1, -0.05) is 0 Å². The van der Waals surface area contributed by atoms with E-state index in [2.05, 4.69) is 15.2 Å². The maximum absolute atomic E-state index is 12.9. The van der Waals surface area contributed by atoms with E-state index in [1.165, 1.54) is 0 Å². The third-order valence-electron chi connectivity index (χ3n) is 6.62. The SMILES string of the molecule is Cc1nc(C)n(CCC(=O)N2CCCC(c3cc4nc5c(c(=O)n4[nH]3)CCCC5)C2)n1. The Kier molecular flexibility index (Phi) is 5.11. The van der Waals surface area contributed by atoms with Gasteiger partial charge in [0.05, 0.1) is 12.2 Å². The minimum atomic E-state index is 0.0354. The molecule has 0 spiro atoms. The van der Waals surface area contributed by atoms with Gasteiger partial charge in [0, 0.05) is 42.8 Å². The molecule has 3 aromatic heterocycles. The molecule has 1 saturated heterocycles. The third-order valence-corrected chi connectivity index (χ3v) is 6.62. The molecule has 5 rings (SSSR count). The topological polar surface area (TPSA) is 101 Å². The molecule has 1 fully saturated rings. The van der Waals surface area contributed by atoms with Gasteiger partial charge >= 0.3 is 0 Å². The van der Waals surface area contributed by atoms with E-state index in [4.69, 9.17) is 4.98 Å². The largest absolute Gasteiger partial charge is 0.342 e. The van der Waals surface area contributed by atoms with E-state index in [0.29, 0.717) is 25.2 Å². The van der Waals surface area contributed by atoms with Crippen LogP contribution in [0.4, 0.5) is 0 Å². The lowest BCUT2D eigenvalue weighted by atomic mass is 9.94. The summed E-state index contributed by atoms with van der Waals surface area (Å²) in [6, 6.07) is 2.00. The van der Waals surface area contributed by atoms with Gasteiger partial charge in [0.2, 0.25) is 5.91 Å². The van der Waals surface area contributed by atoms with Crippen molar-refractivity contribution in [3.63, 3.8) is 0 Å². The van der Waals surface area contributed by atoms with Crippen LogP contribution in [-0.4, -0.2) is 53.3 Å². The standard InChI is InChI=1S/C22H29N7O2/c1-14-23-15(2)28(25-14)11-9-21(30)27-10-5-6-16(13-27)19-12-20-24-18-8-4-3-7-17(18)22(31)29(20)26-19/h12,16,26H,3-11,13H2,1-2H3. The van der Waals surface area contributed by atoms with Crippen LogP contribution < -0.4 is 5.56 Å². The number of rotatable bonds is 4. The fraction of sp³-hybridized carbons (Fsp3) is 0.591. The van der Waals surface area contributed by atoms with E-state index in [0.717, 1.165) is 73.7 Å².